The Morgan fingerprint density at radius 2 is 1.96 bits per heavy atom. The van der Waals surface area contributed by atoms with Crippen molar-refractivity contribution in [2.75, 3.05) is 0 Å². The van der Waals surface area contributed by atoms with Crippen LogP contribution in [0, 0.1) is 0 Å². The Balaban J connectivity index is 1.55. The van der Waals surface area contributed by atoms with E-state index in [2.05, 4.69) is 20.4 Å². The Morgan fingerprint density at radius 1 is 1.21 bits per heavy atom. The average Bonchev–Trinajstić information content (AvgIpc) is 3.15. The number of alkyl halides is 3. The number of amides is 1. The quantitative estimate of drug-likeness (QED) is 0.689. The van der Waals surface area contributed by atoms with Crippen molar-refractivity contribution in [3.8, 4) is 11.4 Å². The first-order valence-corrected chi connectivity index (χ1v) is 8.52. The molecule has 1 atom stereocenters. The largest absolute Gasteiger partial charge is 0.416 e. The summed E-state index contributed by atoms with van der Waals surface area (Å²) in [7, 11) is 0. The zero-order chi connectivity index (χ0) is 20.1. The van der Waals surface area contributed by atoms with Crippen molar-refractivity contribution in [2.45, 2.75) is 32.0 Å². The van der Waals surface area contributed by atoms with E-state index < -0.39 is 17.8 Å². The molecule has 0 aliphatic heterocycles. The van der Waals surface area contributed by atoms with Crippen molar-refractivity contribution in [3.05, 3.63) is 65.8 Å². The first kappa shape index (κ1) is 19.5. The van der Waals surface area contributed by atoms with Crippen LogP contribution in [0.2, 0.25) is 0 Å². The van der Waals surface area contributed by atoms with E-state index >= 15 is 0 Å². The molecule has 1 aromatic carbocycles. The van der Waals surface area contributed by atoms with Gasteiger partial charge in [-0.15, -0.1) is 0 Å². The van der Waals surface area contributed by atoms with Gasteiger partial charge >= 0.3 is 6.18 Å². The molecule has 0 aliphatic carbocycles. The average molecular weight is 390 g/mol. The highest BCUT2D eigenvalue weighted by molar-refractivity contribution is 5.76. The summed E-state index contributed by atoms with van der Waals surface area (Å²) in [6, 6.07) is 7.79. The van der Waals surface area contributed by atoms with E-state index in [1.807, 2.05) is 0 Å². The molecule has 146 valence electrons. The zero-order valence-corrected chi connectivity index (χ0v) is 14.9. The van der Waals surface area contributed by atoms with Gasteiger partial charge in [0, 0.05) is 30.8 Å². The maximum Gasteiger partial charge on any atom is 0.416 e. The third kappa shape index (κ3) is 4.93. The van der Waals surface area contributed by atoms with Crippen LogP contribution in [0.5, 0.6) is 0 Å². The van der Waals surface area contributed by atoms with Crippen LogP contribution in [-0.4, -0.2) is 21.0 Å². The number of rotatable bonds is 6. The van der Waals surface area contributed by atoms with E-state index in [4.69, 9.17) is 4.52 Å². The van der Waals surface area contributed by atoms with Crippen LogP contribution in [-0.2, 0) is 17.4 Å². The fourth-order valence-corrected chi connectivity index (χ4v) is 2.58. The van der Waals surface area contributed by atoms with Crippen molar-refractivity contribution in [3.63, 3.8) is 0 Å². The minimum Gasteiger partial charge on any atom is -0.350 e. The molecule has 28 heavy (non-hydrogen) atoms. The van der Waals surface area contributed by atoms with Crippen molar-refractivity contribution in [1.29, 1.82) is 0 Å². The molecule has 0 spiro atoms. The first-order chi connectivity index (χ1) is 13.3. The highest BCUT2D eigenvalue weighted by atomic mass is 19.4. The van der Waals surface area contributed by atoms with Gasteiger partial charge in [0.1, 0.15) is 0 Å². The van der Waals surface area contributed by atoms with Crippen LogP contribution in [0.3, 0.4) is 0 Å². The number of hydrogen-bond acceptors (Lipinski definition) is 5. The number of nitrogens with zero attached hydrogens (tertiary/aromatic N) is 3. The lowest BCUT2D eigenvalue weighted by atomic mass is 10.0. The molecule has 3 rings (SSSR count). The number of carbonyl (C=O) groups excluding carboxylic acids is 1. The molecule has 0 bridgehead atoms. The predicted molar refractivity (Wildman–Crippen MR) is 93.9 cm³/mol. The number of benzene rings is 1. The maximum absolute atomic E-state index is 12.8. The molecule has 3 aromatic rings. The van der Waals surface area contributed by atoms with Gasteiger partial charge in [0.2, 0.25) is 17.6 Å². The fraction of sp³-hybridized carbons (Fsp3) is 0.263. The molecule has 1 unspecified atom stereocenters. The lowest BCUT2D eigenvalue weighted by Gasteiger charge is -2.16. The molecule has 0 aliphatic rings. The minimum absolute atomic E-state index is 0.0707. The van der Waals surface area contributed by atoms with E-state index in [1.54, 1.807) is 37.5 Å². The molecule has 0 saturated carbocycles. The van der Waals surface area contributed by atoms with E-state index in [9.17, 15) is 18.0 Å². The van der Waals surface area contributed by atoms with Crippen LogP contribution in [0.25, 0.3) is 11.4 Å². The normalized spacial score (nSPS) is 12.6. The third-order valence-electron chi connectivity index (χ3n) is 4.06. The first-order valence-electron chi connectivity index (χ1n) is 8.52. The molecule has 0 saturated heterocycles. The molecule has 1 amide bonds. The van der Waals surface area contributed by atoms with Gasteiger partial charge in [0.15, 0.2) is 0 Å². The van der Waals surface area contributed by atoms with Gasteiger partial charge in [0.25, 0.3) is 0 Å². The Labute approximate surface area is 158 Å². The maximum atomic E-state index is 12.8. The molecule has 6 nitrogen and oxygen atoms in total. The molecular weight excluding hydrogens is 373 g/mol. The van der Waals surface area contributed by atoms with E-state index in [1.165, 1.54) is 6.07 Å². The number of halogens is 3. The van der Waals surface area contributed by atoms with Crippen LogP contribution < -0.4 is 5.32 Å². The van der Waals surface area contributed by atoms with Crippen molar-refractivity contribution in [1.82, 2.24) is 20.4 Å². The highest BCUT2D eigenvalue weighted by Gasteiger charge is 2.30. The van der Waals surface area contributed by atoms with Crippen molar-refractivity contribution >= 4 is 5.91 Å². The van der Waals surface area contributed by atoms with E-state index in [-0.39, 0.29) is 18.7 Å². The fourth-order valence-electron chi connectivity index (χ4n) is 2.58. The topological polar surface area (TPSA) is 80.9 Å². The third-order valence-corrected chi connectivity index (χ3v) is 4.06. The highest BCUT2D eigenvalue weighted by Crippen LogP contribution is 2.30. The summed E-state index contributed by atoms with van der Waals surface area (Å²) in [6.45, 7) is 1.63. The number of pyridine rings is 1. The summed E-state index contributed by atoms with van der Waals surface area (Å²) >= 11 is 0. The Morgan fingerprint density at radius 3 is 2.68 bits per heavy atom. The number of carbonyl (C=O) groups is 1. The second-order valence-electron chi connectivity index (χ2n) is 6.16. The summed E-state index contributed by atoms with van der Waals surface area (Å²) < 4.78 is 43.6. The summed E-state index contributed by atoms with van der Waals surface area (Å²) in [5.41, 5.74) is 0.370. The predicted octanol–water partition coefficient (Wildman–Crippen LogP) is 3.96. The summed E-state index contributed by atoms with van der Waals surface area (Å²) in [6.07, 6.45) is -0.924. The number of aryl methyl sites for hydroxylation is 1. The molecule has 9 heteroatoms. The molecule has 0 radical (unpaired) electrons. The Bertz CT molecular complexity index is 942. The van der Waals surface area contributed by atoms with E-state index in [0.29, 0.717) is 17.3 Å². The van der Waals surface area contributed by atoms with Gasteiger partial charge in [-0.05, 0) is 36.8 Å². The van der Waals surface area contributed by atoms with Crippen LogP contribution in [0.15, 0.2) is 53.3 Å². The SMILES string of the molecule is CC(NC(=O)CCc1nc(-c2ccncc2)no1)c1cccc(C(F)(F)F)c1. The van der Waals surface area contributed by atoms with Gasteiger partial charge in [-0.25, -0.2) is 0 Å². The van der Waals surface area contributed by atoms with Crippen LogP contribution in [0.4, 0.5) is 13.2 Å². The van der Waals surface area contributed by atoms with E-state index in [0.717, 1.165) is 17.7 Å². The molecule has 0 fully saturated rings. The Kier molecular flexibility index (Phi) is 5.72. The van der Waals surface area contributed by atoms with Gasteiger partial charge in [-0.1, -0.05) is 17.3 Å². The minimum atomic E-state index is -4.43. The number of hydrogen-bond donors (Lipinski definition) is 1. The van der Waals surface area contributed by atoms with Gasteiger partial charge < -0.3 is 9.84 Å². The standard InChI is InChI=1S/C19H17F3N4O2/c1-12(14-3-2-4-15(11-14)19(20,21)22)24-16(27)5-6-17-25-18(26-28-17)13-7-9-23-10-8-13/h2-4,7-12H,5-6H2,1H3,(H,24,27). The summed E-state index contributed by atoms with van der Waals surface area (Å²) in [4.78, 5) is 20.3. The second kappa shape index (κ2) is 8.20. The lowest BCUT2D eigenvalue weighted by Crippen LogP contribution is -2.27. The number of aromatic nitrogens is 3. The lowest BCUT2D eigenvalue weighted by molar-refractivity contribution is -0.137. The molecule has 1 N–H and O–H groups in total. The second-order valence-corrected chi connectivity index (χ2v) is 6.16. The smallest absolute Gasteiger partial charge is 0.350 e. The van der Waals surface area contributed by atoms with Crippen LogP contribution >= 0.6 is 0 Å². The van der Waals surface area contributed by atoms with Crippen molar-refractivity contribution in [2.24, 2.45) is 0 Å². The van der Waals surface area contributed by atoms with Crippen molar-refractivity contribution < 1.29 is 22.5 Å². The van der Waals surface area contributed by atoms with Crippen LogP contribution in [0.1, 0.15) is 36.4 Å². The van der Waals surface area contributed by atoms with Gasteiger partial charge in [-0.2, -0.15) is 18.2 Å². The summed E-state index contributed by atoms with van der Waals surface area (Å²) in [5.74, 6) is 0.373. The Hall–Kier alpha value is -3.23. The molecule has 2 heterocycles. The molecule has 2 aromatic heterocycles. The monoisotopic (exact) mass is 390 g/mol. The number of nitrogens with one attached hydrogen (secondary N) is 1. The summed E-state index contributed by atoms with van der Waals surface area (Å²) in [5, 5.41) is 6.53. The van der Waals surface area contributed by atoms with Gasteiger partial charge in [0.05, 0.1) is 11.6 Å². The van der Waals surface area contributed by atoms with Gasteiger partial charge in [-0.3, -0.25) is 9.78 Å². The molecular formula is C19H17F3N4O2. The zero-order valence-electron chi connectivity index (χ0n) is 14.9.